The van der Waals surface area contributed by atoms with Crippen molar-refractivity contribution < 1.29 is 19.1 Å². The van der Waals surface area contributed by atoms with Crippen LogP contribution in [-0.4, -0.2) is 28.5 Å². The van der Waals surface area contributed by atoms with Crippen molar-refractivity contribution in [3.63, 3.8) is 0 Å². The largest absolute Gasteiger partial charge is 0.487 e. The van der Waals surface area contributed by atoms with E-state index in [0.29, 0.717) is 23.6 Å². The zero-order chi connectivity index (χ0) is 24.9. The Kier molecular flexibility index (Phi) is 8.50. The molecule has 1 heterocycles. The Hall–Kier alpha value is -2.38. The first kappa shape index (κ1) is 25.7. The van der Waals surface area contributed by atoms with Crippen LogP contribution in [0.1, 0.15) is 16.7 Å². The molecule has 6 nitrogen and oxygen atoms in total. The number of para-hydroxylation sites is 1. The van der Waals surface area contributed by atoms with Crippen molar-refractivity contribution in [2.24, 2.45) is 0 Å². The van der Waals surface area contributed by atoms with Crippen LogP contribution in [0.2, 0.25) is 0 Å². The second kappa shape index (κ2) is 11.6. The van der Waals surface area contributed by atoms with Gasteiger partial charge in [0, 0.05) is 14.8 Å². The van der Waals surface area contributed by atoms with Crippen molar-refractivity contribution in [2.75, 3.05) is 11.9 Å². The maximum Gasteiger partial charge on any atom is 0.294 e. The molecule has 0 atom stereocenters. The van der Waals surface area contributed by atoms with Crippen molar-refractivity contribution in [1.29, 1.82) is 0 Å². The van der Waals surface area contributed by atoms with E-state index < -0.39 is 17.1 Å². The molecule has 0 bridgehead atoms. The molecule has 3 aromatic carbocycles. The number of carbonyl (C=O) groups is 3. The van der Waals surface area contributed by atoms with E-state index in [2.05, 4.69) is 50.5 Å². The lowest BCUT2D eigenvalue weighted by molar-refractivity contribution is -0.127. The number of thioether (sulfide) groups is 1. The van der Waals surface area contributed by atoms with Crippen LogP contribution in [0.5, 0.6) is 5.75 Å². The highest BCUT2D eigenvalue weighted by Gasteiger charge is 2.36. The molecule has 0 aliphatic carbocycles. The molecule has 0 radical (unpaired) electrons. The van der Waals surface area contributed by atoms with Gasteiger partial charge in [0.2, 0.25) is 5.91 Å². The smallest absolute Gasteiger partial charge is 0.294 e. The molecule has 35 heavy (non-hydrogen) atoms. The SMILES string of the molecule is Cc1ccccc1NC(=O)CN1C(=O)S/C(=C/c2cc(I)cc(I)c2OCc2ccccc2)C1=O. The van der Waals surface area contributed by atoms with Crippen LogP contribution in [0, 0.1) is 14.1 Å². The van der Waals surface area contributed by atoms with Gasteiger partial charge in [-0.25, -0.2) is 0 Å². The van der Waals surface area contributed by atoms with Crippen molar-refractivity contribution in [2.45, 2.75) is 13.5 Å². The van der Waals surface area contributed by atoms with Crippen molar-refractivity contribution in [3.05, 3.63) is 95.5 Å². The zero-order valence-corrected chi connectivity index (χ0v) is 23.7. The third kappa shape index (κ3) is 6.44. The molecule has 3 amide bonds. The minimum absolute atomic E-state index is 0.251. The van der Waals surface area contributed by atoms with E-state index >= 15 is 0 Å². The van der Waals surface area contributed by atoms with Crippen LogP contribution in [0.15, 0.2) is 71.6 Å². The highest BCUT2D eigenvalue weighted by atomic mass is 127. The van der Waals surface area contributed by atoms with Crippen LogP contribution in [-0.2, 0) is 16.2 Å². The van der Waals surface area contributed by atoms with E-state index in [1.165, 1.54) is 0 Å². The van der Waals surface area contributed by atoms with E-state index in [0.717, 1.165) is 34.9 Å². The molecule has 1 aliphatic heterocycles. The fourth-order valence-corrected chi connectivity index (χ4v) is 6.27. The quantitative estimate of drug-likeness (QED) is 0.225. The van der Waals surface area contributed by atoms with Gasteiger partial charge in [0.1, 0.15) is 18.9 Å². The van der Waals surface area contributed by atoms with E-state index in [9.17, 15) is 14.4 Å². The number of halogens is 2. The number of nitrogens with zero attached hydrogens (tertiary/aromatic N) is 1. The maximum absolute atomic E-state index is 13.0. The fraction of sp³-hybridized carbons (Fsp3) is 0.115. The summed E-state index contributed by atoms with van der Waals surface area (Å²) in [6, 6.07) is 21.0. The standard InChI is InChI=1S/C26H20I2N2O4S/c1-16-7-5-6-10-21(16)29-23(31)14-30-25(32)22(35-26(30)33)12-18-11-19(27)13-20(28)24(18)34-15-17-8-3-2-4-9-17/h2-13H,14-15H2,1H3,(H,29,31)/b22-12+. The normalized spacial score (nSPS) is 14.5. The van der Waals surface area contributed by atoms with Crippen molar-refractivity contribution in [1.82, 2.24) is 4.90 Å². The molecule has 1 aliphatic rings. The number of aryl methyl sites for hydroxylation is 1. The summed E-state index contributed by atoms with van der Waals surface area (Å²) in [6.07, 6.45) is 1.66. The minimum Gasteiger partial charge on any atom is -0.487 e. The van der Waals surface area contributed by atoms with Gasteiger partial charge in [-0.1, -0.05) is 48.5 Å². The van der Waals surface area contributed by atoms with E-state index in [4.69, 9.17) is 4.74 Å². The first-order valence-electron chi connectivity index (χ1n) is 10.6. The topological polar surface area (TPSA) is 75.7 Å². The number of hydrogen-bond acceptors (Lipinski definition) is 5. The number of anilines is 1. The van der Waals surface area contributed by atoms with Gasteiger partial charge in [0.05, 0.1) is 8.48 Å². The summed E-state index contributed by atoms with van der Waals surface area (Å²) in [5.74, 6) is -0.291. The van der Waals surface area contributed by atoms with E-state index in [-0.39, 0.29) is 11.4 Å². The second-order valence-electron chi connectivity index (χ2n) is 7.71. The third-order valence-electron chi connectivity index (χ3n) is 5.14. The molecule has 0 spiro atoms. The zero-order valence-electron chi connectivity index (χ0n) is 18.6. The highest BCUT2D eigenvalue weighted by Crippen LogP contribution is 2.36. The predicted octanol–water partition coefficient (Wildman–Crippen LogP) is 6.46. The Balaban J connectivity index is 1.52. The number of benzene rings is 3. The second-order valence-corrected chi connectivity index (χ2v) is 11.1. The average molecular weight is 710 g/mol. The number of rotatable bonds is 7. The Labute approximate surface area is 234 Å². The van der Waals surface area contributed by atoms with E-state index in [1.54, 1.807) is 12.1 Å². The predicted molar refractivity (Wildman–Crippen MR) is 155 cm³/mol. The minimum atomic E-state index is -0.497. The van der Waals surface area contributed by atoms with Crippen molar-refractivity contribution >= 4 is 85.8 Å². The summed E-state index contributed by atoms with van der Waals surface area (Å²) < 4.78 is 7.98. The van der Waals surface area contributed by atoms with Gasteiger partial charge in [-0.3, -0.25) is 19.3 Å². The number of ether oxygens (including phenoxy) is 1. The first-order chi connectivity index (χ1) is 16.8. The highest BCUT2D eigenvalue weighted by molar-refractivity contribution is 14.1. The van der Waals surface area contributed by atoms with Gasteiger partial charge < -0.3 is 10.1 Å². The first-order valence-corrected chi connectivity index (χ1v) is 13.6. The Morgan fingerprint density at radius 1 is 1.06 bits per heavy atom. The van der Waals surface area contributed by atoms with Crippen LogP contribution < -0.4 is 10.1 Å². The van der Waals surface area contributed by atoms with Crippen LogP contribution >= 0.6 is 56.9 Å². The molecule has 1 fully saturated rings. The van der Waals surface area contributed by atoms with Gasteiger partial charge in [0.25, 0.3) is 11.1 Å². The van der Waals surface area contributed by atoms with Crippen molar-refractivity contribution in [3.8, 4) is 5.75 Å². The monoisotopic (exact) mass is 710 g/mol. The number of amides is 3. The molecule has 1 saturated heterocycles. The van der Waals surface area contributed by atoms with Gasteiger partial charge in [-0.2, -0.15) is 0 Å². The molecular weight excluding hydrogens is 690 g/mol. The maximum atomic E-state index is 13.0. The van der Waals surface area contributed by atoms with Crippen LogP contribution in [0.4, 0.5) is 10.5 Å². The average Bonchev–Trinajstić information content (AvgIpc) is 3.08. The van der Waals surface area contributed by atoms with Gasteiger partial charge >= 0.3 is 0 Å². The molecule has 9 heteroatoms. The number of nitrogens with one attached hydrogen (secondary N) is 1. The van der Waals surface area contributed by atoms with Gasteiger partial charge in [-0.05, 0) is 99.3 Å². The molecule has 4 rings (SSSR count). The Bertz CT molecular complexity index is 1330. The summed E-state index contributed by atoms with van der Waals surface area (Å²) in [4.78, 5) is 39.4. The lowest BCUT2D eigenvalue weighted by Crippen LogP contribution is -2.36. The lowest BCUT2D eigenvalue weighted by Gasteiger charge is -2.14. The molecule has 0 saturated carbocycles. The Morgan fingerprint density at radius 3 is 2.51 bits per heavy atom. The molecule has 3 aromatic rings. The summed E-state index contributed by atoms with van der Waals surface area (Å²) in [6.45, 7) is 1.90. The van der Waals surface area contributed by atoms with Crippen LogP contribution in [0.3, 0.4) is 0 Å². The summed E-state index contributed by atoms with van der Waals surface area (Å²) in [5, 5.41) is 2.28. The molecule has 1 N–H and O–H groups in total. The van der Waals surface area contributed by atoms with Crippen LogP contribution in [0.25, 0.3) is 6.08 Å². The Morgan fingerprint density at radius 2 is 1.77 bits per heavy atom. The molecule has 0 aromatic heterocycles. The molecular formula is C26H20I2N2O4S. The lowest BCUT2D eigenvalue weighted by atomic mass is 10.1. The van der Waals surface area contributed by atoms with Gasteiger partial charge in [0.15, 0.2) is 0 Å². The summed E-state index contributed by atoms with van der Waals surface area (Å²) >= 11 is 5.23. The fourth-order valence-electron chi connectivity index (χ4n) is 3.39. The van der Waals surface area contributed by atoms with Gasteiger partial charge in [-0.15, -0.1) is 0 Å². The molecule has 0 unspecified atom stereocenters. The van der Waals surface area contributed by atoms with E-state index in [1.807, 2.05) is 67.6 Å². The number of imide groups is 1. The number of hydrogen-bond donors (Lipinski definition) is 1. The third-order valence-corrected chi connectivity index (χ3v) is 7.48. The summed E-state index contributed by atoms with van der Waals surface area (Å²) in [5.41, 5.74) is 3.26. The molecule has 178 valence electrons. The summed E-state index contributed by atoms with van der Waals surface area (Å²) in [7, 11) is 0. The number of carbonyl (C=O) groups excluding carboxylic acids is 3.